The minimum atomic E-state index is -3.60. The van der Waals surface area contributed by atoms with Gasteiger partial charge in [0.15, 0.2) is 0 Å². The molecule has 1 aliphatic rings. The largest absolute Gasteiger partial charge is 0.312 e. The lowest BCUT2D eigenvalue weighted by Crippen LogP contribution is -2.24. The summed E-state index contributed by atoms with van der Waals surface area (Å²) in [7, 11) is -3.60. The number of carbonyl (C=O) groups is 1. The molecule has 1 fully saturated rings. The van der Waals surface area contributed by atoms with Crippen molar-refractivity contribution in [2.75, 3.05) is 16.2 Å². The highest BCUT2D eigenvalue weighted by Gasteiger charge is 2.23. The molecule has 1 saturated heterocycles. The van der Waals surface area contributed by atoms with Crippen LogP contribution in [-0.4, -0.2) is 20.9 Å². The maximum absolute atomic E-state index is 12.2. The van der Waals surface area contributed by atoms with E-state index in [1.807, 2.05) is 37.3 Å². The van der Waals surface area contributed by atoms with Crippen molar-refractivity contribution in [1.29, 1.82) is 0 Å². The highest BCUT2D eigenvalue weighted by atomic mass is 32.2. The predicted octanol–water partition coefficient (Wildman–Crippen LogP) is 3.53. The molecule has 130 valence electrons. The monoisotopic (exact) mass is 356 g/mol. The SMILES string of the molecule is Cc1cc(NS(=O)(=O)C=Cc2ccccc2)ccc1N1CCCC1=O. The highest BCUT2D eigenvalue weighted by Crippen LogP contribution is 2.27. The van der Waals surface area contributed by atoms with Gasteiger partial charge >= 0.3 is 0 Å². The molecular weight excluding hydrogens is 336 g/mol. The Morgan fingerprint density at radius 2 is 1.88 bits per heavy atom. The van der Waals surface area contributed by atoms with Crippen LogP contribution in [0.5, 0.6) is 0 Å². The Morgan fingerprint density at radius 3 is 2.52 bits per heavy atom. The van der Waals surface area contributed by atoms with E-state index in [2.05, 4.69) is 4.72 Å². The quantitative estimate of drug-likeness (QED) is 0.891. The summed E-state index contributed by atoms with van der Waals surface area (Å²) in [6, 6.07) is 14.5. The van der Waals surface area contributed by atoms with Crippen molar-refractivity contribution in [3.8, 4) is 0 Å². The molecule has 5 nitrogen and oxygen atoms in total. The van der Waals surface area contributed by atoms with Gasteiger partial charge in [0.05, 0.1) is 5.41 Å². The van der Waals surface area contributed by atoms with Gasteiger partial charge in [0.1, 0.15) is 0 Å². The molecule has 0 radical (unpaired) electrons. The average molecular weight is 356 g/mol. The van der Waals surface area contributed by atoms with Crippen LogP contribution < -0.4 is 9.62 Å². The molecular formula is C19H20N2O3S. The van der Waals surface area contributed by atoms with Crippen molar-refractivity contribution >= 4 is 33.4 Å². The standard InChI is InChI=1S/C19H20N2O3S/c1-15-14-17(9-10-18(15)21-12-5-8-19(21)22)20-25(23,24)13-11-16-6-3-2-4-7-16/h2-4,6-7,9-11,13-14,20H,5,8,12H2,1H3. The van der Waals surface area contributed by atoms with Gasteiger partial charge < -0.3 is 4.90 Å². The van der Waals surface area contributed by atoms with Crippen LogP contribution in [0.1, 0.15) is 24.0 Å². The van der Waals surface area contributed by atoms with Crippen LogP contribution in [0.4, 0.5) is 11.4 Å². The summed E-state index contributed by atoms with van der Waals surface area (Å²) >= 11 is 0. The van der Waals surface area contributed by atoms with Gasteiger partial charge in [-0.15, -0.1) is 0 Å². The van der Waals surface area contributed by atoms with Crippen molar-refractivity contribution in [2.45, 2.75) is 19.8 Å². The van der Waals surface area contributed by atoms with Gasteiger partial charge in [-0.2, -0.15) is 0 Å². The van der Waals surface area contributed by atoms with E-state index in [1.165, 1.54) is 0 Å². The highest BCUT2D eigenvalue weighted by molar-refractivity contribution is 7.95. The lowest BCUT2D eigenvalue weighted by Gasteiger charge is -2.19. The van der Waals surface area contributed by atoms with Crippen LogP contribution in [0.25, 0.3) is 6.08 Å². The van der Waals surface area contributed by atoms with Gasteiger partial charge in [-0.1, -0.05) is 30.3 Å². The number of nitrogens with zero attached hydrogens (tertiary/aromatic N) is 1. The fraction of sp³-hybridized carbons (Fsp3) is 0.211. The second kappa shape index (κ2) is 7.11. The first-order valence-electron chi connectivity index (χ1n) is 8.12. The van der Waals surface area contributed by atoms with Crippen LogP contribution >= 0.6 is 0 Å². The number of benzene rings is 2. The molecule has 1 aliphatic heterocycles. The van der Waals surface area contributed by atoms with E-state index >= 15 is 0 Å². The maximum atomic E-state index is 12.2. The molecule has 0 spiro atoms. The molecule has 1 amide bonds. The smallest absolute Gasteiger partial charge is 0.255 e. The third-order valence-electron chi connectivity index (χ3n) is 4.06. The van der Waals surface area contributed by atoms with Gasteiger partial charge in [-0.05, 0) is 48.7 Å². The Hall–Kier alpha value is -2.60. The molecule has 0 atom stereocenters. The van der Waals surface area contributed by atoms with Crippen LogP contribution in [-0.2, 0) is 14.8 Å². The van der Waals surface area contributed by atoms with Gasteiger partial charge in [0, 0.05) is 24.3 Å². The third kappa shape index (κ3) is 4.28. The van der Waals surface area contributed by atoms with Gasteiger partial charge in [-0.25, -0.2) is 8.42 Å². The minimum Gasteiger partial charge on any atom is -0.312 e. The fourth-order valence-electron chi connectivity index (χ4n) is 2.86. The first-order valence-corrected chi connectivity index (χ1v) is 9.66. The Kier molecular flexibility index (Phi) is 4.90. The third-order valence-corrected chi connectivity index (χ3v) is 5.07. The number of aryl methyl sites for hydroxylation is 1. The summed E-state index contributed by atoms with van der Waals surface area (Å²) < 4.78 is 27.0. The molecule has 2 aromatic carbocycles. The minimum absolute atomic E-state index is 0.113. The molecule has 0 bridgehead atoms. The Labute approximate surface area is 148 Å². The van der Waals surface area contributed by atoms with Crippen LogP contribution in [0, 0.1) is 6.92 Å². The molecule has 3 rings (SSSR count). The number of nitrogens with one attached hydrogen (secondary N) is 1. The summed E-state index contributed by atoms with van der Waals surface area (Å²) in [4.78, 5) is 13.6. The summed E-state index contributed by atoms with van der Waals surface area (Å²) in [6.45, 7) is 2.59. The Bertz CT molecular complexity index is 906. The van der Waals surface area contributed by atoms with E-state index in [-0.39, 0.29) is 5.91 Å². The number of sulfonamides is 1. The van der Waals surface area contributed by atoms with E-state index in [0.717, 1.165) is 28.6 Å². The van der Waals surface area contributed by atoms with Crippen LogP contribution in [0.3, 0.4) is 0 Å². The Morgan fingerprint density at radius 1 is 1.12 bits per heavy atom. The molecule has 0 saturated carbocycles. The number of rotatable bonds is 5. The zero-order valence-electron chi connectivity index (χ0n) is 14.0. The average Bonchev–Trinajstić information content (AvgIpc) is 3.00. The van der Waals surface area contributed by atoms with Crippen molar-refractivity contribution in [3.63, 3.8) is 0 Å². The summed E-state index contributed by atoms with van der Waals surface area (Å²) in [6.07, 6.45) is 2.97. The van der Waals surface area contributed by atoms with E-state index in [9.17, 15) is 13.2 Å². The van der Waals surface area contributed by atoms with Crippen LogP contribution in [0.2, 0.25) is 0 Å². The van der Waals surface area contributed by atoms with Gasteiger partial charge in [0.25, 0.3) is 10.0 Å². The zero-order valence-corrected chi connectivity index (χ0v) is 14.8. The van der Waals surface area contributed by atoms with Crippen LogP contribution in [0.15, 0.2) is 53.9 Å². The second-order valence-electron chi connectivity index (χ2n) is 6.01. The number of carbonyl (C=O) groups excluding carboxylic acids is 1. The second-order valence-corrected chi connectivity index (χ2v) is 7.58. The topological polar surface area (TPSA) is 66.5 Å². The predicted molar refractivity (Wildman–Crippen MR) is 101 cm³/mol. The van der Waals surface area contributed by atoms with E-state index in [1.54, 1.807) is 29.2 Å². The molecule has 25 heavy (non-hydrogen) atoms. The summed E-state index contributed by atoms with van der Waals surface area (Å²) in [5, 5.41) is 1.15. The van der Waals surface area contributed by atoms with E-state index < -0.39 is 10.0 Å². The molecule has 0 unspecified atom stereocenters. The van der Waals surface area contributed by atoms with Gasteiger partial charge in [0.2, 0.25) is 5.91 Å². The molecule has 1 N–H and O–H groups in total. The number of hydrogen-bond acceptors (Lipinski definition) is 3. The van der Waals surface area contributed by atoms with Crippen molar-refractivity contribution in [1.82, 2.24) is 0 Å². The normalized spacial score (nSPS) is 15.1. The lowest BCUT2D eigenvalue weighted by molar-refractivity contribution is -0.117. The maximum Gasteiger partial charge on any atom is 0.255 e. The molecule has 0 aliphatic carbocycles. The lowest BCUT2D eigenvalue weighted by atomic mass is 10.1. The van der Waals surface area contributed by atoms with Crippen molar-refractivity contribution in [2.24, 2.45) is 0 Å². The summed E-state index contributed by atoms with van der Waals surface area (Å²) in [5.41, 5.74) is 2.99. The van der Waals surface area contributed by atoms with Gasteiger partial charge in [-0.3, -0.25) is 9.52 Å². The molecule has 0 aromatic heterocycles. The molecule has 1 heterocycles. The van der Waals surface area contributed by atoms with Crippen molar-refractivity contribution in [3.05, 3.63) is 65.1 Å². The zero-order chi connectivity index (χ0) is 17.9. The number of amides is 1. The van der Waals surface area contributed by atoms with Crippen molar-refractivity contribution < 1.29 is 13.2 Å². The fourth-order valence-corrected chi connectivity index (χ4v) is 3.72. The Balaban J connectivity index is 1.75. The number of hydrogen-bond donors (Lipinski definition) is 1. The first kappa shape index (κ1) is 17.2. The van der Waals surface area contributed by atoms with E-state index in [4.69, 9.17) is 0 Å². The first-order chi connectivity index (χ1) is 11.9. The molecule has 6 heteroatoms. The summed E-state index contributed by atoms with van der Waals surface area (Å²) in [5.74, 6) is 0.113. The number of anilines is 2. The molecule has 2 aromatic rings. The van der Waals surface area contributed by atoms with E-state index in [0.29, 0.717) is 18.7 Å².